The summed E-state index contributed by atoms with van der Waals surface area (Å²) in [5, 5.41) is 0.0698. The van der Waals surface area contributed by atoms with E-state index in [0.717, 1.165) is 0 Å². The Morgan fingerprint density at radius 1 is 1.07 bits per heavy atom. The Kier molecular flexibility index (Phi) is 5.09. The molecular formula is C18H11ClF3N3O2. The summed E-state index contributed by atoms with van der Waals surface area (Å²) in [5.41, 5.74) is -0.460. The SMILES string of the molecule is CC(=O)c1ccc(Oc2cc(C(F)(F)F)nc(-c3ccncc3)n2)c(Cl)c1. The number of carbonyl (C=O) groups excluding carboxylic acids is 1. The van der Waals surface area contributed by atoms with Gasteiger partial charge in [0.1, 0.15) is 5.75 Å². The number of alkyl halides is 3. The van der Waals surface area contributed by atoms with Gasteiger partial charge in [-0.05, 0) is 37.3 Å². The Hall–Kier alpha value is -3.00. The molecule has 3 rings (SSSR count). The third-order valence-electron chi connectivity index (χ3n) is 3.48. The number of rotatable bonds is 4. The van der Waals surface area contributed by atoms with Crippen molar-refractivity contribution in [2.45, 2.75) is 13.1 Å². The highest BCUT2D eigenvalue weighted by molar-refractivity contribution is 6.32. The zero-order valence-electron chi connectivity index (χ0n) is 13.8. The number of ether oxygens (including phenoxy) is 1. The number of Topliss-reactive ketones (excluding diaryl/α,β-unsaturated/α-hetero) is 1. The van der Waals surface area contributed by atoms with E-state index in [2.05, 4.69) is 15.0 Å². The van der Waals surface area contributed by atoms with Crippen LogP contribution in [0.25, 0.3) is 11.4 Å². The van der Waals surface area contributed by atoms with Gasteiger partial charge in [-0.3, -0.25) is 9.78 Å². The Morgan fingerprint density at radius 3 is 2.37 bits per heavy atom. The largest absolute Gasteiger partial charge is 0.437 e. The quantitative estimate of drug-likeness (QED) is 0.569. The predicted octanol–water partition coefficient (Wildman–Crippen LogP) is 5.21. The minimum absolute atomic E-state index is 0.0640. The fourth-order valence-corrected chi connectivity index (χ4v) is 2.39. The highest BCUT2D eigenvalue weighted by Crippen LogP contribution is 2.34. The van der Waals surface area contributed by atoms with Crippen molar-refractivity contribution in [3.63, 3.8) is 0 Å². The molecule has 0 aliphatic rings. The molecule has 2 heterocycles. The summed E-state index contributed by atoms with van der Waals surface area (Å²) in [6.45, 7) is 1.37. The molecule has 2 aromatic heterocycles. The topological polar surface area (TPSA) is 65.0 Å². The molecule has 0 bridgehead atoms. The van der Waals surface area contributed by atoms with Crippen LogP contribution in [0.5, 0.6) is 11.6 Å². The molecule has 0 aliphatic heterocycles. The predicted molar refractivity (Wildman–Crippen MR) is 91.8 cm³/mol. The first-order valence-electron chi connectivity index (χ1n) is 7.59. The van der Waals surface area contributed by atoms with Crippen LogP contribution < -0.4 is 4.74 Å². The van der Waals surface area contributed by atoms with Crippen molar-refractivity contribution in [2.75, 3.05) is 0 Å². The number of pyridine rings is 1. The second-order valence-corrected chi connectivity index (χ2v) is 5.86. The lowest BCUT2D eigenvalue weighted by molar-refractivity contribution is -0.141. The van der Waals surface area contributed by atoms with Crippen molar-refractivity contribution in [1.29, 1.82) is 0 Å². The van der Waals surface area contributed by atoms with Gasteiger partial charge in [0.15, 0.2) is 17.3 Å². The zero-order chi connectivity index (χ0) is 19.6. The molecule has 9 heteroatoms. The molecule has 0 aliphatic carbocycles. The first-order chi connectivity index (χ1) is 12.7. The van der Waals surface area contributed by atoms with Gasteiger partial charge in [0.05, 0.1) is 5.02 Å². The second-order valence-electron chi connectivity index (χ2n) is 5.45. The number of benzene rings is 1. The molecular weight excluding hydrogens is 383 g/mol. The summed E-state index contributed by atoms with van der Waals surface area (Å²) in [4.78, 5) is 22.8. The number of hydrogen-bond acceptors (Lipinski definition) is 5. The maximum absolute atomic E-state index is 13.2. The molecule has 0 atom stereocenters. The van der Waals surface area contributed by atoms with E-state index in [4.69, 9.17) is 16.3 Å². The van der Waals surface area contributed by atoms with Gasteiger partial charge >= 0.3 is 6.18 Å². The Morgan fingerprint density at radius 2 is 1.78 bits per heavy atom. The number of hydrogen-bond donors (Lipinski definition) is 0. The van der Waals surface area contributed by atoms with Crippen molar-refractivity contribution < 1.29 is 22.7 Å². The lowest BCUT2D eigenvalue weighted by Crippen LogP contribution is -2.10. The van der Waals surface area contributed by atoms with Crippen LogP contribution in [0.15, 0.2) is 48.8 Å². The monoisotopic (exact) mass is 393 g/mol. The van der Waals surface area contributed by atoms with Crippen molar-refractivity contribution in [3.05, 3.63) is 65.1 Å². The summed E-state index contributed by atoms with van der Waals surface area (Å²) >= 11 is 6.06. The maximum atomic E-state index is 13.2. The van der Waals surface area contributed by atoms with E-state index in [1.807, 2.05) is 0 Å². The molecule has 3 aromatic rings. The number of aromatic nitrogens is 3. The molecule has 0 N–H and O–H groups in total. The van der Waals surface area contributed by atoms with Crippen LogP contribution in [-0.2, 0) is 6.18 Å². The van der Waals surface area contributed by atoms with Crippen molar-refractivity contribution in [2.24, 2.45) is 0 Å². The standard InChI is InChI=1S/C18H11ClF3N3O2/c1-10(26)12-2-3-14(13(19)8-12)27-16-9-15(18(20,21)22)24-17(25-16)11-4-6-23-7-5-11/h2-9H,1H3. The molecule has 5 nitrogen and oxygen atoms in total. The van der Waals surface area contributed by atoms with Gasteiger partial charge in [-0.2, -0.15) is 18.2 Å². The van der Waals surface area contributed by atoms with E-state index in [9.17, 15) is 18.0 Å². The fraction of sp³-hybridized carbons (Fsp3) is 0.111. The molecule has 0 spiro atoms. The van der Waals surface area contributed by atoms with Gasteiger partial charge in [-0.25, -0.2) is 4.98 Å². The third kappa shape index (κ3) is 4.40. The van der Waals surface area contributed by atoms with Gasteiger partial charge in [0.2, 0.25) is 5.88 Å². The molecule has 0 radical (unpaired) electrons. The Balaban J connectivity index is 2.03. The van der Waals surface area contributed by atoms with Gasteiger partial charge in [-0.15, -0.1) is 0 Å². The summed E-state index contributed by atoms with van der Waals surface area (Å²) < 4.78 is 45.0. The van der Waals surface area contributed by atoms with Crippen LogP contribution in [0.3, 0.4) is 0 Å². The summed E-state index contributed by atoms with van der Waals surface area (Å²) in [7, 11) is 0. The van der Waals surface area contributed by atoms with Crippen LogP contribution in [0.4, 0.5) is 13.2 Å². The van der Waals surface area contributed by atoms with E-state index in [-0.39, 0.29) is 28.3 Å². The van der Waals surface area contributed by atoms with Crippen molar-refractivity contribution in [3.8, 4) is 23.0 Å². The van der Waals surface area contributed by atoms with E-state index in [0.29, 0.717) is 17.2 Å². The van der Waals surface area contributed by atoms with Gasteiger partial charge in [-0.1, -0.05) is 11.6 Å². The number of halogens is 4. The first-order valence-corrected chi connectivity index (χ1v) is 7.97. The minimum Gasteiger partial charge on any atom is -0.437 e. The first kappa shape index (κ1) is 18.8. The van der Waals surface area contributed by atoms with E-state index >= 15 is 0 Å². The molecule has 0 saturated heterocycles. The number of ketones is 1. The normalized spacial score (nSPS) is 11.3. The minimum atomic E-state index is -4.69. The summed E-state index contributed by atoms with van der Waals surface area (Å²) in [5.74, 6) is -0.640. The maximum Gasteiger partial charge on any atom is 0.433 e. The molecule has 0 fully saturated rings. The molecule has 27 heavy (non-hydrogen) atoms. The molecule has 0 saturated carbocycles. The van der Waals surface area contributed by atoms with Crippen LogP contribution >= 0.6 is 11.6 Å². The fourth-order valence-electron chi connectivity index (χ4n) is 2.17. The van der Waals surface area contributed by atoms with E-state index < -0.39 is 11.9 Å². The summed E-state index contributed by atoms with van der Waals surface area (Å²) in [6, 6.07) is 7.86. The smallest absolute Gasteiger partial charge is 0.433 e. The van der Waals surface area contributed by atoms with E-state index in [1.54, 1.807) is 0 Å². The van der Waals surface area contributed by atoms with Crippen LogP contribution in [0.1, 0.15) is 23.0 Å². The highest BCUT2D eigenvalue weighted by atomic mass is 35.5. The molecule has 138 valence electrons. The number of carbonyl (C=O) groups is 1. The average Bonchev–Trinajstić information content (AvgIpc) is 2.63. The molecule has 0 amide bonds. The Bertz CT molecular complexity index is 995. The second kappa shape index (κ2) is 7.32. The van der Waals surface area contributed by atoms with Crippen molar-refractivity contribution in [1.82, 2.24) is 15.0 Å². The highest BCUT2D eigenvalue weighted by Gasteiger charge is 2.34. The zero-order valence-corrected chi connectivity index (χ0v) is 14.5. The molecule has 0 unspecified atom stereocenters. The van der Waals surface area contributed by atoms with E-state index in [1.165, 1.54) is 49.6 Å². The lowest BCUT2D eigenvalue weighted by Gasteiger charge is -2.12. The van der Waals surface area contributed by atoms with Crippen molar-refractivity contribution >= 4 is 17.4 Å². The average molecular weight is 394 g/mol. The van der Waals surface area contributed by atoms with Crippen LogP contribution in [0.2, 0.25) is 5.02 Å². The number of nitrogens with zero attached hydrogens (tertiary/aromatic N) is 3. The molecule has 1 aromatic carbocycles. The van der Waals surface area contributed by atoms with Crippen LogP contribution in [0, 0.1) is 0 Å². The summed E-state index contributed by atoms with van der Waals surface area (Å²) in [6.07, 6.45) is -1.86. The van der Waals surface area contributed by atoms with Gasteiger partial charge < -0.3 is 4.74 Å². The van der Waals surface area contributed by atoms with Gasteiger partial charge in [0.25, 0.3) is 0 Å². The Labute approximate surface area is 156 Å². The third-order valence-corrected chi connectivity index (χ3v) is 3.78. The van der Waals surface area contributed by atoms with Gasteiger partial charge in [0, 0.05) is 29.6 Å². The lowest BCUT2D eigenvalue weighted by atomic mass is 10.1. The van der Waals surface area contributed by atoms with Crippen LogP contribution in [-0.4, -0.2) is 20.7 Å².